The third-order valence-corrected chi connectivity index (χ3v) is 4.54. The van der Waals surface area contributed by atoms with Crippen LogP contribution in [0.5, 0.6) is 0 Å². The van der Waals surface area contributed by atoms with Crippen molar-refractivity contribution >= 4 is 5.91 Å². The van der Waals surface area contributed by atoms with Crippen molar-refractivity contribution in [3.05, 3.63) is 108 Å². The highest BCUT2D eigenvalue weighted by molar-refractivity contribution is 5.93. The van der Waals surface area contributed by atoms with Crippen LogP contribution >= 0.6 is 0 Å². The molecule has 6 nitrogen and oxygen atoms in total. The van der Waals surface area contributed by atoms with E-state index in [1.54, 1.807) is 17.1 Å². The summed E-state index contributed by atoms with van der Waals surface area (Å²) in [5.74, 6) is -0.280. The van der Waals surface area contributed by atoms with Gasteiger partial charge in [0, 0.05) is 12.4 Å². The van der Waals surface area contributed by atoms with E-state index in [9.17, 15) is 4.79 Å². The molecule has 2 aromatic heterocycles. The van der Waals surface area contributed by atoms with Crippen molar-refractivity contribution in [3.8, 4) is 5.69 Å². The SMILES string of the molecule is Cc1c(C(=O)N[C@@H](c2ccccc2)c2cccnc2)nnn1-c1ccccc1. The number of aromatic nitrogens is 4. The quantitative estimate of drug-likeness (QED) is 0.584. The third kappa shape index (κ3) is 3.53. The lowest BCUT2D eigenvalue weighted by atomic mass is 10.00. The average molecular weight is 369 g/mol. The first kappa shape index (κ1) is 17.6. The number of carbonyl (C=O) groups excluding carboxylic acids is 1. The van der Waals surface area contributed by atoms with E-state index in [1.165, 1.54) is 0 Å². The van der Waals surface area contributed by atoms with E-state index in [0.717, 1.165) is 16.8 Å². The highest BCUT2D eigenvalue weighted by Gasteiger charge is 2.22. The van der Waals surface area contributed by atoms with Gasteiger partial charge in [0.2, 0.25) is 0 Å². The van der Waals surface area contributed by atoms with Crippen LogP contribution in [0.2, 0.25) is 0 Å². The largest absolute Gasteiger partial charge is 0.340 e. The van der Waals surface area contributed by atoms with Gasteiger partial charge in [-0.25, -0.2) is 4.68 Å². The van der Waals surface area contributed by atoms with Gasteiger partial charge in [0.05, 0.1) is 17.4 Å². The van der Waals surface area contributed by atoms with Crippen molar-refractivity contribution in [2.75, 3.05) is 0 Å². The number of nitrogens with zero attached hydrogens (tertiary/aromatic N) is 4. The minimum absolute atomic E-state index is 0.280. The molecule has 1 amide bonds. The molecule has 0 aliphatic rings. The van der Waals surface area contributed by atoms with Crippen LogP contribution in [0, 0.1) is 6.92 Å². The molecule has 0 saturated carbocycles. The van der Waals surface area contributed by atoms with E-state index >= 15 is 0 Å². The van der Waals surface area contributed by atoms with Crippen LogP contribution in [0.4, 0.5) is 0 Å². The van der Waals surface area contributed by atoms with Crippen molar-refractivity contribution in [2.45, 2.75) is 13.0 Å². The number of para-hydroxylation sites is 1. The summed E-state index contributed by atoms with van der Waals surface area (Å²) in [7, 11) is 0. The Kier molecular flexibility index (Phi) is 4.93. The lowest BCUT2D eigenvalue weighted by molar-refractivity contribution is 0.0937. The lowest BCUT2D eigenvalue weighted by Crippen LogP contribution is -2.30. The molecule has 1 atom stereocenters. The maximum Gasteiger partial charge on any atom is 0.274 e. The molecule has 0 aliphatic heterocycles. The number of amides is 1. The molecule has 0 saturated heterocycles. The van der Waals surface area contributed by atoms with Gasteiger partial charge in [0.15, 0.2) is 5.69 Å². The van der Waals surface area contributed by atoms with Crippen LogP contribution in [0.15, 0.2) is 85.2 Å². The number of carbonyl (C=O) groups is 1. The first-order valence-corrected chi connectivity index (χ1v) is 8.97. The van der Waals surface area contributed by atoms with Gasteiger partial charge in [0.25, 0.3) is 5.91 Å². The molecule has 0 aliphatic carbocycles. The standard InChI is InChI=1S/C22H19N5O/c1-16-20(25-26-27(16)19-12-6-3-7-13-19)22(28)24-21(17-9-4-2-5-10-17)18-11-8-14-23-15-18/h2-15,21H,1H3,(H,24,28)/t21-/m0/s1. The monoisotopic (exact) mass is 369 g/mol. The van der Waals surface area contributed by atoms with Crippen molar-refractivity contribution in [1.82, 2.24) is 25.3 Å². The molecule has 4 rings (SSSR count). The molecule has 2 aromatic carbocycles. The predicted octanol–water partition coefficient (Wildman–Crippen LogP) is 3.49. The molecule has 0 fully saturated rings. The fourth-order valence-corrected chi connectivity index (χ4v) is 3.10. The zero-order valence-corrected chi connectivity index (χ0v) is 15.4. The fourth-order valence-electron chi connectivity index (χ4n) is 3.10. The molecule has 4 aromatic rings. The number of hydrogen-bond donors (Lipinski definition) is 1. The molecule has 0 radical (unpaired) electrons. The molecule has 2 heterocycles. The van der Waals surface area contributed by atoms with Gasteiger partial charge in [-0.3, -0.25) is 9.78 Å². The molecule has 28 heavy (non-hydrogen) atoms. The summed E-state index contributed by atoms with van der Waals surface area (Å²) in [6.45, 7) is 1.84. The van der Waals surface area contributed by atoms with Crippen molar-refractivity contribution in [1.29, 1.82) is 0 Å². The molecule has 138 valence electrons. The van der Waals surface area contributed by atoms with Crippen molar-refractivity contribution < 1.29 is 4.79 Å². The topological polar surface area (TPSA) is 72.7 Å². The molecule has 0 bridgehead atoms. The second-order valence-electron chi connectivity index (χ2n) is 6.37. The van der Waals surface area contributed by atoms with Crippen LogP contribution < -0.4 is 5.32 Å². The Labute approximate surface area is 162 Å². The Morgan fingerprint density at radius 2 is 1.61 bits per heavy atom. The fraction of sp³-hybridized carbons (Fsp3) is 0.0909. The molecular formula is C22H19N5O. The van der Waals surface area contributed by atoms with Crippen molar-refractivity contribution in [3.63, 3.8) is 0 Å². The molecule has 0 unspecified atom stereocenters. The number of rotatable bonds is 5. The third-order valence-electron chi connectivity index (χ3n) is 4.54. The highest BCUT2D eigenvalue weighted by Crippen LogP contribution is 2.22. The highest BCUT2D eigenvalue weighted by atomic mass is 16.2. The first-order valence-electron chi connectivity index (χ1n) is 8.97. The van der Waals surface area contributed by atoms with Crippen LogP contribution in [0.1, 0.15) is 33.4 Å². The summed E-state index contributed by atoms with van der Waals surface area (Å²) >= 11 is 0. The van der Waals surface area contributed by atoms with Crippen molar-refractivity contribution in [2.24, 2.45) is 0 Å². The predicted molar refractivity (Wildman–Crippen MR) is 106 cm³/mol. The average Bonchev–Trinajstić information content (AvgIpc) is 3.15. The Balaban J connectivity index is 1.65. The van der Waals surface area contributed by atoms with Crippen LogP contribution in [0.25, 0.3) is 5.69 Å². The first-order chi connectivity index (χ1) is 13.7. The molecular weight excluding hydrogens is 350 g/mol. The summed E-state index contributed by atoms with van der Waals surface area (Å²) < 4.78 is 1.66. The van der Waals surface area contributed by atoms with E-state index in [0.29, 0.717) is 11.4 Å². The van der Waals surface area contributed by atoms with Gasteiger partial charge < -0.3 is 5.32 Å². The number of pyridine rings is 1. The zero-order chi connectivity index (χ0) is 19.3. The zero-order valence-electron chi connectivity index (χ0n) is 15.4. The van der Waals surface area contributed by atoms with Crippen LogP contribution in [-0.2, 0) is 0 Å². The summed E-state index contributed by atoms with van der Waals surface area (Å²) in [6.07, 6.45) is 3.47. The number of nitrogens with one attached hydrogen (secondary N) is 1. The van der Waals surface area contributed by atoms with E-state index < -0.39 is 0 Å². The van der Waals surface area contributed by atoms with E-state index in [1.807, 2.05) is 79.7 Å². The second kappa shape index (κ2) is 7.84. The molecule has 0 spiro atoms. The van der Waals surface area contributed by atoms with Gasteiger partial charge in [0.1, 0.15) is 0 Å². The summed E-state index contributed by atoms with van der Waals surface area (Å²) in [4.78, 5) is 17.2. The van der Waals surface area contributed by atoms with Gasteiger partial charge in [-0.15, -0.1) is 5.10 Å². The van der Waals surface area contributed by atoms with Crippen LogP contribution in [0.3, 0.4) is 0 Å². The number of benzene rings is 2. The van der Waals surface area contributed by atoms with Gasteiger partial charge in [-0.2, -0.15) is 0 Å². The minimum atomic E-state index is -0.330. The Morgan fingerprint density at radius 3 is 2.29 bits per heavy atom. The minimum Gasteiger partial charge on any atom is -0.340 e. The maximum absolute atomic E-state index is 13.0. The van der Waals surface area contributed by atoms with Gasteiger partial charge in [-0.05, 0) is 36.2 Å². The summed E-state index contributed by atoms with van der Waals surface area (Å²) in [6, 6.07) is 22.9. The van der Waals surface area contributed by atoms with E-state index in [-0.39, 0.29) is 11.9 Å². The normalized spacial score (nSPS) is 11.8. The second-order valence-corrected chi connectivity index (χ2v) is 6.37. The summed E-state index contributed by atoms with van der Waals surface area (Å²) in [5, 5.41) is 11.3. The maximum atomic E-state index is 13.0. The summed E-state index contributed by atoms with van der Waals surface area (Å²) in [5.41, 5.74) is 3.71. The van der Waals surface area contributed by atoms with E-state index in [2.05, 4.69) is 20.6 Å². The lowest BCUT2D eigenvalue weighted by Gasteiger charge is -2.19. The smallest absolute Gasteiger partial charge is 0.274 e. The van der Waals surface area contributed by atoms with Crippen LogP contribution in [-0.4, -0.2) is 25.9 Å². The van der Waals surface area contributed by atoms with E-state index in [4.69, 9.17) is 0 Å². The van der Waals surface area contributed by atoms with Gasteiger partial charge >= 0.3 is 0 Å². The molecule has 1 N–H and O–H groups in total. The molecule has 6 heteroatoms. The Hall–Kier alpha value is -3.80. The Bertz CT molecular complexity index is 1020. The van der Waals surface area contributed by atoms with Gasteiger partial charge in [-0.1, -0.05) is 59.8 Å². The Morgan fingerprint density at radius 1 is 0.929 bits per heavy atom. The number of hydrogen-bond acceptors (Lipinski definition) is 4.